The summed E-state index contributed by atoms with van der Waals surface area (Å²) in [5, 5.41) is 11.2. The molecule has 36 heavy (non-hydrogen) atoms. The summed E-state index contributed by atoms with van der Waals surface area (Å²) in [6.45, 7) is 0.421. The van der Waals surface area contributed by atoms with Crippen LogP contribution in [-0.4, -0.2) is 38.3 Å². The molecule has 0 aliphatic rings. The summed E-state index contributed by atoms with van der Waals surface area (Å²) >= 11 is 0. The van der Waals surface area contributed by atoms with Gasteiger partial charge in [0.25, 0.3) is 5.91 Å². The van der Waals surface area contributed by atoms with E-state index in [9.17, 15) is 9.59 Å². The maximum Gasteiger partial charge on any atom is 0.251 e. The lowest BCUT2D eigenvalue weighted by atomic mass is 10.1. The minimum absolute atomic E-state index is 0.0715. The Morgan fingerprint density at radius 1 is 0.917 bits per heavy atom. The normalized spacial score (nSPS) is 11.9. The van der Waals surface area contributed by atoms with E-state index in [0.717, 1.165) is 11.1 Å². The van der Waals surface area contributed by atoms with Gasteiger partial charge in [0.2, 0.25) is 5.91 Å². The average Bonchev–Trinajstić information content (AvgIpc) is 3.69. The monoisotopic (exact) mass is 483 g/mol. The van der Waals surface area contributed by atoms with Crippen LogP contribution in [0.2, 0.25) is 0 Å². The predicted octanol–water partition coefficient (Wildman–Crippen LogP) is 3.75. The standard InChI is InChI=1S/C27H25N5O4/c33-25(19-32-23-12-5-4-11-22(23)29-30-32)31(15-14-20-8-2-1-3-9-20)26(24-13-7-17-36-24)27(34)28-18-21-10-6-16-35-21/h1-13,16-17,26H,14-15,18-19H2,(H,28,34)/t26-/m1/s1. The summed E-state index contributed by atoms with van der Waals surface area (Å²) in [6.07, 6.45) is 3.60. The largest absolute Gasteiger partial charge is 0.467 e. The third-order valence-corrected chi connectivity index (χ3v) is 5.90. The third-order valence-electron chi connectivity index (χ3n) is 5.90. The quantitative estimate of drug-likeness (QED) is 0.324. The predicted molar refractivity (Wildman–Crippen MR) is 131 cm³/mol. The van der Waals surface area contributed by atoms with Crippen LogP contribution >= 0.6 is 0 Å². The maximum absolute atomic E-state index is 13.7. The number of hydrogen-bond acceptors (Lipinski definition) is 6. The van der Waals surface area contributed by atoms with E-state index in [2.05, 4.69) is 15.6 Å². The topological polar surface area (TPSA) is 106 Å². The Hall–Kier alpha value is -4.66. The highest BCUT2D eigenvalue weighted by molar-refractivity contribution is 5.88. The summed E-state index contributed by atoms with van der Waals surface area (Å²) in [5.74, 6) is 0.331. The van der Waals surface area contributed by atoms with Gasteiger partial charge in [-0.15, -0.1) is 5.10 Å². The van der Waals surface area contributed by atoms with Crippen LogP contribution in [-0.2, 0) is 29.1 Å². The van der Waals surface area contributed by atoms with Crippen molar-refractivity contribution in [3.8, 4) is 0 Å². The Labute approximate surface area is 207 Å². The molecule has 0 spiro atoms. The van der Waals surface area contributed by atoms with E-state index in [-0.39, 0.29) is 24.9 Å². The van der Waals surface area contributed by atoms with Gasteiger partial charge in [0.15, 0.2) is 6.04 Å². The first-order valence-electron chi connectivity index (χ1n) is 11.6. The highest BCUT2D eigenvalue weighted by Gasteiger charge is 2.33. The van der Waals surface area contributed by atoms with Crippen molar-refractivity contribution < 1.29 is 18.4 Å². The first-order valence-corrected chi connectivity index (χ1v) is 11.6. The van der Waals surface area contributed by atoms with Gasteiger partial charge in [0.05, 0.1) is 24.6 Å². The summed E-state index contributed by atoms with van der Waals surface area (Å²) in [5.41, 5.74) is 2.49. The zero-order chi connectivity index (χ0) is 24.7. The maximum atomic E-state index is 13.7. The van der Waals surface area contributed by atoms with Crippen LogP contribution in [0.1, 0.15) is 23.1 Å². The molecule has 1 atom stereocenters. The van der Waals surface area contributed by atoms with E-state index in [1.165, 1.54) is 6.26 Å². The Morgan fingerprint density at radius 3 is 2.47 bits per heavy atom. The second-order valence-electron chi connectivity index (χ2n) is 8.27. The van der Waals surface area contributed by atoms with Crippen molar-refractivity contribution in [2.24, 2.45) is 0 Å². The van der Waals surface area contributed by atoms with Gasteiger partial charge in [-0.2, -0.15) is 0 Å². The highest BCUT2D eigenvalue weighted by atomic mass is 16.3. The number of nitrogens with one attached hydrogen (secondary N) is 1. The summed E-state index contributed by atoms with van der Waals surface area (Å²) < 4.78 is 12.5. The Kier molecular flexibility index (Phi) is 6.88. The molecule has 0 saturated carbocycles. The zero-order valence-corrected chi connectivity index (χ0v) is 19.5. The van der Waals surface area contributed by atoms with E-state index in [1.54, 1.807) is 40.1 Å². The molecule has 3 heterocycles. The number of hydrogen-bond donors (Lipinski definition) is 1. The third kappa shape index (κ3) is 5.20. The lowest BCUT2D eigenvalue weighted by molar-refractivity contribution is -0.142. The number of rotatable bonds is 10. The molecular formula is C27H25N5O4. The molecule has 9 nitrogen and oxygen atoms in total. The molecule has 3 aromatic heterocycles. The number of amides is 2. The Bertz CT molecular complexity index is 1410. The summed E-state index contributed by atoms with van der Waals surface area (Å²) in [7, 11) is 0. The van der Waals surface area contributed by atoms with Crippen molar-refractivity contribution in [3.63, 3.8) is 0 Å². The molecule has 0 unspecified atom stereocenters. The minimum Gasteiger partial charge on any atom is -0.467 e. The van der Waals surface area contributed by atoms with Crippen LogP contribution in [0.4, 0.5) is 0 Å². The molecule has 9 heteroatoms. The molecule has 0 aliphatic carbocycles. The molecule has 2 amide bonds. The minimum atomic E-state index is -0.971. The Balaban J connectivity index is 1.43. The van der Waals surface area contributed by atoms with Gasteiger partial charge in [-0.3, -0.25) is 9.59 Å². The fourth-order valence-electron chi connectivity index (χ4n) is 4.10. The number of carbonyl (C=O) groups is 2. The van der Waals surface area contributed by atoms with E-state index >= 15 is 0 Å². The molecule has 1 N–H and O–H groups in total. The van der Waals surface area contributed by atoms with Crippen molar-refractivity contribution in [1.82, 2.24) is 25.2 Å². The smallest absolute Gasteiger partial charge is 0.251 e. The van der Waals surface area contributed by atoms with Crippen LogP contribution in [0, 0.1) is 0 Å². The molecule has 0 bridgehead atoms. The lowest BCUT2D eigenvalue weighted by Gasteiger charge is -2.30. The van der Waals surface area contributed by atoms with Gasteiger partial charge in [-0.1, -0.05) is 47.7 Å². The van der Waals surface area contributed by atoms with Crippen LogP contribution in [0.5, 0.6) is 0 Å². The second-order valence-corrected chi connectivity index (χ2v) is 8.27. The van der Waals surface area contributed by atoms with Crippen LogP contribution in [0.25, 0.3) is 11.0 Å². The van der Waals surface area contributed by atoms with E-state index in [1.807, 2.05) is 54.6 Å². The molecule has 0 aliphatic heterocycles. The van der Waals surface area contributed by atoms with Gasteiger partial charge < -0.3 is 19.1 Å². The molecule has 0 saturated heterocycles. The van der Waals surface area contributed by atoms with Gasteiger partial charge >= 0.3 is 0 Å². The van der Waals surface area contributed by atoms with Crippen molar-refractivity contribution in [2.45, 2.75) is 25.6 Å². The lowest BCUT2D eigenvalue weighted by Crippen LogP contribution is -2.45. The highest BCUT2D eigenvalue weighted by Crippen LogP contribution is 2.24. The summed E-state index contributed by atoms with van der Waals surface area (Å²) in [6, 6.07) is 23.2. The fraction of sp³-hybridized carbons (Fsp3) is 0.185. The molecule has 2 aromatic carbocycles. The van der Waals surface area contributed by atoms with Crippen molar-refractivity contribution in [2.75, 3.05) is 6.54 Å². The van der Waals surface area contributed by atoms with Crippen molar-refractivity contribution in [1.29, 1.82) is 0 Å². The number of aromatic nitrogens is 3. The number of para-hydroxylation sites is 1. The number of nitrogens with zero attached hydrogens (tertiary/aromatic N) is 4. The van der Waals surface area contributed by atoms with Crippen molar-refractivity contribution >= 4 is 22.8 Å². The Morgan fingerprint density at radius 2 is 1.69 bits per heavy atom. The van der Waals surface area contributed by atoms with Gasteiger partial charge in [0.1, 0.15) is 23.6 Å². The van der Waals surface area contributed by atoms with E-state index in [0.29, 0.717) is 30.0 Å². The van der Waals surface area contributed by atoms with Crippen LogP contribution in [0.3, 0.4) is 0 Å². The number of furan rings is 2. The fourth-order valence-corrected chi connectivity index (χ4v) is 4.10. The van der Waals surface area contributed by atoms with Gasteiger partial charge in [-0.05, 0) is 48.4 Å². The molecule has 0 fully saturated rings. The number of carbonyl (C=O) groups excluding carboxylic acids is 2. The van der Waals surface area contributed by atoms with Gasteiger partial charge in [0, 0.05) is 6.54 Å². The molecule has 182 valence electrons. The average molecular weight is 484 g/mol. The van der Waals surface area contributed by atoms with Crippen LogP contribution in [0.15, 0.2) is 100 Å². The van der Waals surface area contributed by atoms with Crippen LogP contribution < -0.4 is 5.32 Å². The number of benzene rings is 2. The SMILES string of the molecule is O=C(NCc1ccco1)[C@@H](c1ccco1)N(CCc1ccccc1)C(=O)Cn1nnc2ccccc21. The number of fused-ring (bicyclic) bond motifs is 1. The molecule has 0 radical (unpaired) electrons. The summed E-state index contributed by atoms with van der Waals surface area (Å²) in [4.78, 5) is 28.8. The van der Waals surface area contributed by atoms with Gasteiger partial charge in [-0.25, -0.2) is 4.68 Å². The molecule has 5 rings (SSSR count). The van der Waals surface area contributed by atoms with E-state index < -0.39 is 6.04 Å². The molecular weight excluding hydrogens is 458 g/mol. The zero-order valence-electron chi connectivity index (χ0n) is 19.5. The molecule has 5 aromatic rings. The first kappa shape index (κ1) is 23.1. The van der Waals surface area contributed by atoms with E-state index in [4.69, 9.17) is 8.83 Å². The first-order chi connectivity index (χ1) is 17.7. The second kappa shape index (κ2) is 10.7. The van der Waals surface area contributed by atoms with Crippen molar-refractivity contribution in [3.05, 3.63) is 108 Å².